The summed E-state index contributed by atoms with van der Waals surface area (Å²) in [6.07, 6.45) is 1.39. The van der Waals surface area contributed by atoms with Gasteiger partial charge in [-0.2, -0.15) is 5.26 Å². The zero-order valence-corrected chi connectivity index (χ0v) is 15.8. The third kappa shape index (κ3) is 3.70. The molecule has 0 radical (unpaired) electrons. The van der Waals surface area contributed by atoms with Crippen LogP contribution in [0.25, 0.3) is 10.9 Å². The average molecular weight is 373 g/mol. The number of morpholine rings is 1. The Morgan fingerprint density at radius 1 is 1.18 bits per heavy atom. The number of rotatable bonds is 4. The standard InChI is InChI=1S/C23H23N3O2/c1-16-14-26(15-22(28-16)21(27)12-17-6-3-2-4-7-17)20-10-9-18(13-24)23-19(20)8-5-11-25-23/h2-11,16,21-22,27H,12,14-15H2,1H3/t16-,21-,22-/m1/s1. The van der Waals surface area contributed by atoms with Gasteiger partial charge in [0.2, 0.25) is 0 Å². The third-order valence-corrected chi connectivity index (χ3v) is 5.21. The molecule has 5 nitrogen and oxygen atoms in total. The van der Waals surface area contributed by atoms with E-state index >= 15 is 0 Å². The normalized spacial score (nSPS) is 20.7. The number of nitrogens with zero attached hydrogens (tertiary/aromatic N) is 3. The number of hydrogen-bond acceptors (Lipinski definition) is 5. The Balaban J connectivity index is 1.61. The Morgan fingerprint density at radius 2 is 2.00 bits per heavy atom. The van der Waals surface area contributed by atoms with Gasteiger partial charge in [-0.15, -0.1) is 0 Å². The van der Waals surface area contributed by atoms with Crippen LogP contribution < -0.4 is 4.90 Å². The first-order valence-electron chi connectivity index (χ1n) is 9.56. The van der Waals surface area contributed by atoms with Crippen LogP contribution in [0.2, 0.25) is 0 Å². The van der Waals surface area contributed by atoms with Crippen molar-refractivity contribution < 1.29 is 9.84 Å². The molecule has 0 unspecified atom stereocenters. The summed E-state index contributed by atoms with van der Waals surface area (Å²) < 4.78 is 6.07. The maximum absolute atomic E-state index is 10.8. The number of aliphatic hydroxyl groups is 1. The molecule has 3 aromatic rings. The van der Waals surface area contributed by atoms with Crippen LogP contribution in [0.5, 0.6) is 0 Å². The molecule has 1 aromatic heterocycles. The summed E-state index contributed by atoms with van der Waals surface area (Å²) in [4.78, 5) is 6.64. The fraction of sp³-hybridized carbons (Fsp3) is 0.304. The molecule has 3 atom stereocenters. The molecule has 0 bridgehead atoms. The summed E-state index contributed by atoms with van der Waals surface area (Å²) in [5, 5.41) is 21.1. The molecule has 1 aliphatic heterocycles. The van der Waals surface area contributed by atoms with E-state index in [9.17, 15) is 10.4 Å². The maximum Gasteiger partial charge on any atom is 0.102 e. The summed E-state index contributed by atoms with van der Waals surface area (Å²) in [6.45, 7) is 3.34. The van der Waals surface area contributed by atoms with Crippen LogP contribution in [0.1, 0.15) is 18.1 Å². The van der Waals surface area contributed by atoms with Gasteiger partial charge in [-0.3, -0.25) is 4.98 Å². The summed E-state index contributed by atoms with van der Waals surface area (Å²) in [5.41, 5.74) is 3.40. The van der Waals surface area contributed by atoms with Crippen molar-refractivity contribution in [2.45, 2.75) is 31.7 Å². The van der Waals surface area contributed by atoms with E-state index in [1.807, 2.05) is 61.5 Å². The first-order chi connectivity index (χ1) is 13.7. The van der Waals surface area contributed by atoms with Crippen LogP contribution in [0.4, 0.5) is 5.69 Å². The van der Waals surface area contributed by atoms with E-state index in [0.29, 0.717) is 24.0 Å². The molecular weight excluding hydrogens is 350 g/mol. The lowest BCUT2D eigenvalue weighted by Gasteiger charge is -2.40. The fourth-order valence-corrected chi connectivity index (χ4v) is 3.91. The van der Waals surface area contributed by atoms with Crippen LogP contribution in [0, 0.1) is 11.3 Å². The second kappa shape index (κ2) is 7.97. The number of aliphatic hydroxyl groups excluding tert-OH is 1. The monoisotopic (exact) mass is 373 g/mol. The molecule has 142 valence electrons. The molecule has 4 rings (SSSR count). The van der Waals surface area contributed by atoms with Crippen molar-refractivity contribution in [1.82, 2.24) is 4.98 Å². The number of pyridine rings is 1. The third-order valence-electron chi connectivity index (χ3n) is 5.21. The zero-order valence-electron chi connectivity index (χ0n) is 15.8. The average Bonchev–Trinajstić information content (AvgIpc) is 2.73. The molecule has 5 heteroatoms. The fourth-order valence-electron chi connectivity index (χ4n) is 3.91. The summed E-state index contributed by atoms with van der Waals surface area (Å²) >= 11 is 0. The van der Waals surface area contributed by atoms with Gasteiger partial charge in [-0.25, -0.2) is 0 Å². The van der Waals surface area contributed by atoms with Gasteiger partial charge in [0.25, 0.3) is 0 Å². The predicted octanol–water partition coefficient (Wildman–Crippen LogP) is 3.30. The minimum absolute atomic E-state index is 0.00784. The first-order valence-corrected chi connectivity index (χ1v) is 9.56. The van der Waals surface area contributed by atoms with Crippen LogP contribution in [-0.2, 0) is 11.2 Å². The quantitative estimate of drug-likeness (QED) is 0.760. The van der Waals surface area contributed by atoms with E-state index < -0.39 is 6.10 Å². The Morgan fingerprint density at radius 3 is 2.79 bits per heavy atom. The first kappa shape index (κ1) is 18.4. The molecular formula is C23H23N3O2. The number of ether oxygens (including phenoxy) is 1. The van der Waals surface area contributed by atoms with Crippen LogP contribution in [0.3, 0.4) is 0 Å². The lowest BCUT2D eigenvalue weighted by Crippen LogP contribution is -2.51. The number of aromatic nitrogens is 1. The van der Waals surface area contributed by atoms with Crippen molar-refractivity contribution >= 4 is 16.6 Å². The molecule has 2 aromatic carbocycles. The molecule has 1 N–H and O–H groups in total. The van der Waals surface area contributed by atoms with E-state index in [-0.39, 0.29) is 12.2 Å². The second-order valence-corrected chi connectivity index (χ2v) is 7.29. The van der Waals surface area contributed by atoms with Crippen molar-refractivity contribution in [3.63, 3.8) is 0 Å². The SMILES string of the molecule is C[C@@H]1CN(c2ccc(C#N)c3ncccc23)C[C@H]([C@H](O)Cc2ccccc2)O1. The lowest BCUT2D eigenvalue weighted by atomic mass is 10.0. The van der Waals surface area contributed by atoms with Crippen molar-refractivity contribution in [1.29, 1.82) is 5.26 Å². The van der Waals surface area contributed by atoms with E-state index in [2.05, 4.69) is 16.0 Å². The summed E-state index contributed by atoms with van der Waals surface area (Å²) in [7, 11) is 0. The molecule has 2 heterocycles. The Labute approximate surface area is 164 Å². The van der Waals surface area contributed by atoms with Crippen LogP contribution in [-0.4, -0.2) is 41.5 Å². The Hall–Kier alpha value is -2.94. The van der Waals surface area contributed by atoms with Crippen LogP contribution >= 0.6 is 0 Å². The Bertz CT molecular complexity index is 1000. The molecule has 0 amide bonds. The molecule has 1 fully saturated rings. The van der Waals surface area contributed by atoms with Gasteiger partial charge in [0.1, 0.15) is 12.2 Å². The van der Waals surface area contributed by atoms with Gasteiger partial charge < -0.3 is 14.7 Å². The Kier molecular flexibility index (Phi) is 5.25. The van der Waals surface area contributed by atoms with E-state index in [1.165, 1.54) is 0 Å². The number of hydrogen-bond donors (Lipinski definition) is 1. The van der Waals surface area contributed by atoms with Gasteiger partial charge >= 0.3 is 0 Å². The smallest absolute Gasteiger partial charge is 0.102 e. The molecule has 1 saturated heterocycles. The second-order valence-electron chi connectivity index (χ2n) is 7.29. The number of benzene rings is 2. The van der Waals surface area contributed by atoms with E-state index in [0.717, 1.165) is 23.2 Å². The predicted molar refractivity (Wildman–Crippen MR) is 109 cm³/mol. The van der Waals surface area contributed by atoms with E-state index in [4.69, 9.17) is 4.74 Å². The molecule has 0 aliphatic carbocycles. The largest absolute Gasteiger partial charge is 0.390 e. The van der Waals surface area contributed by atoms with E-state index in [1.54, 1.807) is 6.20 Å². The topological polar surface area (TPSA) is 69.4 Å². The van der Waals surface area contributed by atoms with Gasteiger partial charge in [0.15, 0.2) is 0 Å². The lowest BCUT2D eigenvalue weighted by molar-refractivity contribution is -0.0791. The molecule has 28 heavy (non-hydrogen) atoms. The van der Waals surface area contributed by atoms with Crippen molar-refractivity contribution in [3.8, 4) is 6.07 Å². The summed E-state index contributed by atoms with van der Waals surface area (Å²) in [5.74, 6) is 0. The van der Waals surface area contributed by atoms with Gasteiger partial charge in [-0.05, 0) is 36.8 Å². The van der Waals surface area contributed by atoms with Crippen molar-refractivity contribution in [3.05, 3.63) is 71.9 Å². The number of fused-ring (bicyclic) bond motifs is 1. The van der Waals surface area contributed by atoms with Crippen molar-refractivity contribution in [2.24, 2.45) is 0 Å². The summed E-state index contributed by atoms with van der Waals surface area (Å²) in [6, 6.07) is 19.9. The highest BCUT2D eigenvalue weighted by atomic mass is 16.5. The molecule has 0 spiro atoms. The molecule has 1 aliphatic rings. The zero-order chi connectivity index (χ0) is 19.5. The van der Waals surface area contributed by atoms with Gasteiger partial charge in [0, 0.05) is 36.8 Å². The van der Waals surface area contributed by atoms with Crippen molar-refractivity contribution in [2.75, 3.05) is 18.0 Å². The van der Waals surface area contributed by atoms with Crippen LogP contribution in [0.15, 0.2) is 60.8 Å². The maximum atomic E-state index is 10.8. The minimum atomic E-state index is -0.588. The van der Waals surface area contributed by atoms with Gasteiger partial charge in [0.05, 0.1) is 23.3 Å². The molecule has 0 saturated carbocycles. The highest BCUT2D eigenvalue weighted by Crippen LogP contribution is 2.31. The minimum Gasteiger partial charge on any atom is -0.390 e. The highest BCUT2D eigenvalue weighted by Gasteiger charge is 2.31. The number of anilines is 1. The van der Waals surface area contributed by atoms with Gasteiger partial charge in [-0.1, -0.05) is 30.3 Å². The highest BCUT2D eigenvalue weighted by molar-refractivity contribution is 5.95. The number of nitriles is 1.